The summed E-state index contributed by atoms with van der Waals surface area (Å²) in [4.78, 5) is 14.9. The molecule has 7 heteroatoms. The fourth-order valence-corrected chi connectivity index (χ4v) is 4.96. The van der Waals surface area contributed by atoms with Gasteiger partial charge in [-0.15, -0.1) is 6.58 Å². The molecule has 3 aromatic rings. The molecule has 0 heterocycles. The van der Waals surface area contributed by atoms with Gasteiger partial charge in [0.25, 0.3) is 0 Å². The smallest absolute Gasteiger partial charge is 0.410 e. The predicted octanol–water partition coefficient (Wildman–Crippen LogP) is 4.53. The molecule has 1 amide bonds. The molecule has 4 N–H and O–H groups in total. The molecular formula is C31H37N3O4. The van der Waals surface area contributed by atoms with Crippen LogP contribution < -0.4 is 15.8 Å². The molecule has 200 valence electrons. The van der Waals surface area contributed by atoms with Crippen LogP contribution in [0.25, 0.3) is 0 Å². The molecule has 0 aliphatic heterocycles. The van der Waals surface area contributed by atoms with E-state index in [1.54, 1.807) is 18.1 Å². The molecule has 0 saturated carbocycles. The summed E-state index contributed by atoms with van der Waals surface area (Å²) in [5, 5.41) is 14.3. The Bertz CT molecular complexity index is 1190. The van der Waals surface area contributed by atoms with Crippen molar-refractivity contribution in [3.63, 3.8) is 0 Å². The summed E-state index contributed by atoms with van der Waals surface area (Å²) < 4.78 is 11.2. The number of carbonyl (C=O) groups excluding carboxylic acids is 1. The maximum absolute atomic E-state index is 13.2. The van der Waals surface area contributed by atoms with E-state index in [-0.39, 0.29) is 18.7 Å². The number of nitrogens with zero attached hydrogens (tertiary/aromatic N) is 1. The van der Waals surface area contributed by atoms with Gasteiger partial charge in [0, 0.05) is 25.2 Å². The van der Waals surface area contributed by atoms with E-state index in [9.17, 15) is 9.90 Å². The van der Waals surface area contributed by atoms with Crippen LogP contribution in [0.5, 0.6) is 5.75 Å². The first-order chi connectivity index (χ1) is 18.5. The molecule has 1 aliphatic rings. The van der Waals surface area contributed by atoms with Crippen molar-refractivity contribution in [1.29, 1.82) is 0 Å². The lowest BCUT2D eigenvalue weighted by Gasteiger charge is -2.28. The minimum Gasteiger partial charge on any atom is -0.497 e. The van der Waals surface area contributed by atoms with E-state index in [0.717, 1.165) is 28.0 Å². The summed E-state index contributed by atoms with van der Waals surface area (Å²) in [6, 6.07) is 24.7. The van der Waals surface area contributed by atoms with E-state index in [2.05, 4.69) is 11.9 Å². The molecule has 0 aromatic heterocycles. The number of benzene rings is 3. The monoisotopic (exact) mass is 515 g/mol. The van der Waals surface area contributed by atoms with Crippen molar-refractivity contribution in [3.8, 4) is 5.75 Å². The lowest BCUT2D eigenvalue weighted by Crippen LogP contribution is -2.43. The second kappa shape index (κ2) is 13.2. The van der Waals surface area contributed by atoms with Gasteiger partial charge in [0.05, 0.1) is 19.3 Å². The van der Waals surface area contributed by atoms with Gasteiger partial charge in [-0.3, -0.25) is 4.90 Å². The number of hydrogen-bond acceptors (Lipinski definition) is 6. The van der Waals surface area contributed by atoms with Crippen molar-refractivity contribution < 1.29 is 19.4 Å². The van der Waals surface area contributed by atoms with Gasteiger partial charge >= 0.3 is 6.09 Å². The van der Waals surface area contributed by atoms with E-state index < -0.39 is 18.2 Å². The Morgan fingerprint density at radius 1 is 1.11 bits per heavy atom. The van der Waals surface area contributed by atoms with E-state index in [0.29, 0.717) is 25.9 Å². The fourth-order valence-electron chi connectivity index (χ4n) is 4.96. The van der Waals surface area contributed by atoms with Crippen molar-refractivity contribution in [3.05, 3.63) is 114 Å². The zero-order valence-electron chi connectivity index (χ0n) is 21.8. The minimum absolute atomic E-state index is 0.0992. The van der Waals surface area contributed by atoms with Crippen LogP contribution in [0.1, 0.15) is 40.8 Å². The number of amides is 1. The maximum Gasteiger partial charge on any atom is 0.410 e. The van der Waals surface area contributed by atoms with Gasteiger partial charge in [-0.2, -0.15) is 0 Å². The number of methoxy groups -OCH3 is 1. The Morgan fingerprint density at radius 3 is 2.45 bits per heavy atom. The van der Waals surface area contributed by atoms with Gasteiger partial charge in [0.2, 0.25) is 0 Å². The molecule has 4 rings (SSSR count). The number of nitrogens with two attached hydrogens (primary N) is 1. The van der Waals surface area contributed by atoms with E-state index in [4.69, 9.17) is 15.2 Å². The van der Waals surface area contributed by atoms with Crippen molar-refractivity contribution in [2.24, 2.45) is 5.73 Å². The van der Waals surface area contributed by atoms with Crippen LogP contribution >= 0.6 is 0 Å². The molecule has 3 aromatic carbocycles. The standard InChI is InChI=1S/C31H37N3O4/c1-3-16-34(31(36)38-21-23-12-8-5-9-13-23)29-19-28(26-18-24(37-2)14-15-25(26)29)33-20-30(35)27(32)17-22-10-6-4-7-11-22/h3-15,18,27-30,33,35H,1,16-17,19-21,32H2,2H3/t27-,28+,29-,30+/m0/s1. The zero-order chi connectivity index (χ0) is 26.9. The number of fused-ring (bicyclic) bond motifs is 1. The molecule has 0 saturated heterocycles. The molecule has 0 fully saturated rings. The third kappa shape index (κ3) is 6.81. The predicted molar refractivity (Wildman–Crippen MR) is 149 cm³/mol. The molecule has 1 aliphatic carbocycles. The Kier molecular flexibility index (Phi) is 9.54. The summed E-state index contributed by atoms with van der Waals surface area (Å²) in [6.45, 7) is 4.72. The van der Waals surface area contributed by atoms with E-state index in [1.165, 1.54) is 0 Å². The summed E-state index contributed by atoms with van der Waals surface area (Å²) in [5.74, 6) is 0.736. The highest BCUT2D eigenvalue weighted by atomic mass is 16.6. The van der Waals surface area contributed by atoms with E-state index in [1.807, 2.05) is 78.9 Å². The van der Waals surface area contributed by atoms with Gasteiger partial charge < -0.3 is 25.6 Å². The summed E-state index contributed by atoms with van der Waals surface area (Å²) in [6.07, 6.45) is 1.79. The highest BCUT2D eigenvalue weighted by Gasteiger charge is 2.37. The second-order valence-electron chi connectivity index (χ2n) is 9.61. The number of carbonyl (C=O) groups is 1. The molecule has 7 nitrogen and oxygen atoms in total. The molecule has 4 atom stereocenters. The van der Waals surface area contributed by atoms with Crippen molar-refractivity contribution in [1.82, 2.24) is 10.2 Å². The first-order valence-electron chi connectivity index (χ1n) is 13.0. The Balaban J connectivity index is 1.46. The van der Waals surface area contributed by atoms with Gasteiger partial charge in [0.15, 0.2) is 0 Å². The first-order valence-corrected chi connectivity index (χ1v) is 13.0. The fraction of sp³-hybridized carbons (Fsp3) is 0.323. The normalized spacial score (nSPS) is 17.8. The largest absolute Gasteiger partial charge is 0.497 e. The van der Waals surface area contributed by atoms with Crippen molar-refractivity contribution in [2.75, 3.05) is 20.2 Å². The lowest BCUT2D eigenvalue weighted by molar-refractivity contribution is 0.0829. The van der Waals surface area contributed by atoms with Crippen LogP contribution in [0, 0.1) is 0 Å². The number of rotatable bonds is 12. The minimum atomic E-state index is -0.733. The highest BCUT2D eigenvalue weighted by molar-refractivity contribution is 5.69. The molecule has 0 unspecified atom stereocenters. The second-order valence-corrected chi connectivity index (χ2v) is 9.61. The maximum atomic E-state index is 13.2. The molecule has 0 spiro atoms. The van der Waals surface area contributed by atoms with Gasteiger partial charge in [-0.1, -0.05) is 72.8 Å². The van der Waals surface area contributed by atoms with Crippen LogP contribution in [-0.4, -0.2) is 48.4 Å². The number of hydrogen-bond donors (Lipinski definition) is 3. The SMILES string of the molecule is C=CCN(C(=O)OCc1ccccc1)[C@H]1C[C@@H](NC[C@@H](O)[C@@H](N)Cc2ccccc2)c2cc(OC)ccc21. The highest BCUT2D eigenvalue weighted by Crippen LogP contribution is 2.44. The number of nitrogens with one attached hydrogen (secondary N) is 1. The number of aliphatic hydroxyl groups is 1. The van der Waals surface area contributed by atoms with Gasteiger partial charge in [0.1, 0.15) is 12.4 Å². The van der Waals surface area contributed by atoms with Crippen LogP contribution in [0.15, 0.2) is 91.5 Å². The zero-order valence-corrected chi connectivity index (χ0v) is 21.8. The van der Waals surface area contributed by atoms with Crippen LogP contribution in [0.2, 0.25) is 0 Å². The first kappa shape index (κ1) is 27.4. The van der Waals surface area contributed by atoms with Gasteiger partial charge in [-0.25, -0.2) is 4.79 Å². The topological polar surface area (TPSA) is 97.0 Å². The van der Waals surface area contributed by atoms with Gasteiger partial charge in [-0.05, 0) is 47.2 Å². The average Bonchev–Trinajstić information content (AvgIpc) is 3.31. The van der Waals surface area contributed by atoms with Crippen LogP contribution in [0.3, 0.4) is 0 Å². The van der Waals surface area contributed by atoms with Crippen molar-refractivity contribution >= 4 is 6.09 Å². The third-order valence-electron chi connectivity index (χ3n) is 7.01. The third-order valence-corrected chi connectivity index (χ3v) is 7.01. The summed E-state index contributed by atoms with van der Waals surface area (Å²) >= 11 is 0. The average molecular weight is 516 g/mol. The molecule has 0 radical (unpaired) electrons. The molecular weight excluding hydrogens is 478 g/mol. The molecule has 38 heavy (non-hydrogen) atoms. The Hall–Kier alpha value is -3.65. The molecule has 0 bridgehead atoms. The number of ether oxygens (including phenoxy) is 2. The van der Waals surface area contributed by atoms with Crippen molar-refractivity contribution in [2.45, 2.75) is 43.7 Å². The van der Waals surface area contributed by atoms with E-state index >= 15 is 0 Å². The lowest BCUT2D eigenvalue weighted by atomic mass is 10.0. The van der Waals surface area contributed by atoms with Crippen LogP contribution in [-0.2, 0) is 17.8 Å². The quantitative estimate of drug-likeness (QED) is 0.307. The number of aliphatic hydroxyl groups excluding tert-OH is 1. The summed E-state index contributed by atoms with van der Waals surface area (Å²) in [5.41, 5.74) is 10.4. The Labute approximate surface area is 224 Å². The van der Waals surface area contributed by atoms with Crippen LogP contribution in [0.4, 0.5) is 4.79 Å². The summed E-state index contributed by atoms with van der Waals surface area (Å²) in [7, 11) is 1.63. The Morgan fingerprint density at radius 2 is 1.79 bits per heavy atom.